The van der Waals surface area contributed by atoms with Crippen molar-refractivity contribution in [2.45, 2.75) is 203 Å². The van der Waals surface area contributed by atoms with Crippen LogP contribution in [0.25, 0.3) is 0 Å². The molecule has 3 heterocycles. The Labute approximate surface area is 513 Å². The highest BCUT2D eigenvalue weighted by atomic mass is 16.7. The first-order valence-corrected chi connectivity index (χ1v) is 32.0. The molecule has 3 fully saturated rings. The van der Waals surface area contributed by atoms with Crippen LogP contribution in [-0.4, -0.2) is 169 Å². The van der Waals surface area contributed by atoms with Crippen LogP contribution in [0.4, 0.5) is 0 Å². The Bertz CT molecular complexity index is 1990. The summed E-state index contributed by atoms with van der Waals surface area (Å²) < 4.78 is 65.6. The number of benzene rings is 1. The van der Waals surface area contributed by atoms with E-state index in [1.165, 1.54) is 20.8 Å². The summed E-state index contributed by atoms with van der Waals surface area (Å²) in [6, 6.07) is 8.89. The average Bonchev–Trinajstić information content (AvgIpc) is 2.12. The lowest BCUT2D eigenvalue weighted by Gasteiger charge is -2.43. The molecule has 2 N–H and O–H groups in total. The number of ketones is 3. The molecule has 86 heavy (non-hydrogen) atoms. The van der Waals surface area contributed by atoms with Gasteiger partial charge in [0.15, 0.2) is 18.4 Å². The van der Waals surface area contributed by atoms with E-state index in [0.717, 1.165) is 25.7 Å². The van der Waals surface area contributed by atoms with Crippen LogP contribution in [0.1, 0.15) is 170 Å². The van der Waals surface area contributed by atoms with Crippen molar-refractivity contribution in [2.75, 3.05) is 85.8 Å². The van der Waals surface area contributed by atoms with Crippen LogP contribution < -0.4 is 10.6 Å². The molecule has 0 saturated carbocycles. The molecule has 1 amide bonds. The van der Waals surface area contributed by atoms with E-state index in [4.69, 9.17) is 52.1 Å². The summed E-state index contributed by atoms with van der Waals surface area (Å²) in [4.78, 5) is 87.5. The third-order valence-electron chi connectivity index (χ3n) is 18.4. The number of ether oxygens (including phenoxy) is 11. The van der Waals surface area contributed by atoms with Gasteiger partial charge in [-0.1, -0.05) is 105 Å². The van der Waals surface area contributed by atoms with Gasteiger partial charge in [0.05, 0.1) is 82.7 Å². The van der Waals surface area contributed by atoms with Gasteiger partial charge < -0.3 is 57.4 Å². The lowest BCUT2D eigenvalue weighted by molar-refractivity contribution is -0.255. The van der Waals surface area contributed by atoms with Gasteiger partial charge in [-0.25, -0.2) is 0 Å². The highest BCUT2D eigenvalue weighted by Crippen LogP contribution is 2.39. The number of rotatable bonds is 42. The maximum absolute atomic E-state index is 13.6. The SMILES string of the molecule is CC(=O)OCC1O[C@@H](OCCCCC(=O)CCOCC(COCCC(=O)CCCCC[C@@H]2OC(COC(C)=O)[C@H](C)[C@H](C)C2C)(COCCC(=O)NCCCO[C@@H]2OC(COC(C)=O)[C@H](C)[C@H](C)C2C)NCC(=O)c2ccccc2)C(C)[C@@H](C)[C@H]1C. The molecule has 3 aliphatic heterocycles. The van der Waals surface area contributed by atoms with Crippen molar-refractivity contribution >= 4 is 41.2 Å². The van der Waals surface area contributed by atoms with Crippen molar-refractivity contribution in [1.82, 2.24) is 10.6 Å². The molecule has 0 aromatic heterocycles. The van der Waals surface area contributed by atoms with Crippen molar-refractivity contribution in [3.63, 3.8) is 0 Å². The summed E-state index contributed by atoms with van der Waals surface area (Å²) in [7, 11) is 0. The molecule has 3 saturated heterocycles. The molecule has 1 aromatic rings. The summed E-state index contributed by atoms with van der Waals surface area (Å²) in [6.45, 7) is 25.3. The highest BCUT2D eigenvalue weighted by Gasteiger charge is 2.42. The number of hydrogen-bond donors (Lipinski definition) is 2. The molecule has 1 aromatic carbocycles. The van der Waals surface area contributed by atoms with Crippen molar-refractivity contribution in [1.29, 1.82) is 0 Å². The van der Waals surface area contributed by atoms with Gasteiger partial charge in [-0.3, -0.25) is 38.9 Å². The summed E-state index contributed by atoms with van der Waals surface area (Å²) in [6.07, 6.45) is 4.73. The second-order valence-corrected chi connectivity index (χ2v) is 24.8. The maximum Gasteiger partial charge on any atom is 0.302 e. The Morgan fingerprint density at radius 3 is 1.37 bits per heavy atom. The lowest BCUT2D eigenvalue weighted by atomic mass is 9.75. The van der Waals surface area contributed by atoms with Crippen molar-refractivity contribution in [2.24, 2.45) is 53.3 Å². The van der Waals surface area contributed by atoms with Crippen LogP contribution in [0.15, 0.2) is 30.3 Å². The molecule has 0 bridgehead atoms. The van der Waals surface area contributed by atoms with Gasteiger partial charge in [-0.2, -0.15) is 0 Å². The Kier molecular flexibility index (Phi) is 34.3. The fraction of sp³-hybridized carbons (Fsp3) is 0.803. The van der Waals surface area contributed by atoms with Crippen LogP contribution >= 0.6 is 0 Å². The van der Waals surface area contributed by atoms with E-state index < -0.39 is 18.1 Å². The summed E-state index contributed by atoms with van der Waals surface area (Å²) in [5, 5.41) is 6.30. The second kappa shape index (κ2) is 39.7. The first-order chi connectivity index (χ1) is 41.0. The molecular weight excluding hydrogens is 1110 g/mol. The first-order valence-electron chi connectivity index (χ1n) is 32.0. The second-order valence-electron chi connectivity index (χ2n) is 24.8. The number of esters is 3. The Morgan fingerprint density at radius 2 is 0.884 bits per heavy atom. The molecule has 7 unspecified atom stereocenters. The van der Waals surface area contributed by atoms with Gasteiger partial charge >= 0.3 is 17.9 Å². The molecule has 0 radical (unpaired) electrons. The number of carbonyl (C=O) groups excluding carboxylic acids is 7. The number of hydrogen-bond acceptors (Lipinski definition) is 19. The first kappa shape index (κ1) is 74.2. The summed E-state index contributed by atoms with van der Waals surface area (Å²) >= 11 is 0. The minimum atomic E-state index is -1.12. The molecule has 20 nitrogen and oxygen atoms in total. The zero-order valence-corrected chi connectivity index (χ0v) is 54.1. The number of amides is 1. The Balaban J connectivity index is 1.31. The molecule has 3 aliphatic rings. The van der Waals surface area contributed by atoms with E-state index in [1.54, 1.807) is 24.3 Å². The Morgan fingerprint density at radius 1 is 0.453 bits per heavy atom. The smallest absolute Gasteiger partial charge is 0.302 e. The van der Waals surface area contributed by atoms with E-state index in [2.05, 4.69) is 72.9 Å². The van der Waals surface area contributed by atoms with E-state index in [1.807, 2.05) is 6.07 Å². The largest absolute Gasteiger partial charge is 0.463 e. The lowest BCUT2D eigenvalue weighted by Crippen LogP contribution is -2.58. The van der Waals surface area contributed by atoms with Crippen LogP contribution in [0.5, 0.6) is 0 Å². The van der Waals surface area contributed by atoms with Crippen LogP contribution in [0.2, 0.25) is 0 Å². The van der Waals surface area contributed by atoms with Crippen molar-refractivity contribution in [3.8, 4) is 0 Å². The molecule has 4 rings (SSSR count). The molecule has 0 spiro atoms. The standard InChI is InChI=1S/C66H108N2O18/c1-43-46(4)59(84-60(47(43)5)37-81-52(10)69)26-18-14-17-24-56(72)27-33-76-40-66(68-36-58(74)55-22-15-13-16-23-55,41-77-34-28-57(73)25-19-20-31-79-64-50(8)44(2)48(6)61(85-64)38-82-53(11)70)42-78-35-29-63(75)67-30-21-32-80-65-51(9)45(3)49(7)62(86-65)39-83-54(12)71/h13,15-16,22-23,43-51,59-62,64-65,68H,14,17-21,24-42H2,1-12H3,(H,67,75)/t43-,44+,45+,46?,47-,48-,49-,50?,51?,59+,60?,61?,62?,64-,65-,66?/m1/s1. The van der Waals surface area contributed by atoms with Crippen molar-refractivity contribution < 1.29 is 85.7 Å². The number of nitrogens with one attached hydrogen (secondary N) is 2. The summed E-state index contributed by atoms with van der Waals surface area (Å²) in [5.41, 5.74) is -0.613. The minimum Gasteiger partial charge on any atom is -0.463 e. The average molecular weight is 1220 g/mol. The van der Waals surface area contributed by atoms with Gasteiger partial charge in [0.25, 0.3) is 0 Å². The number of Topliss-reactive ketones (excluding diaryl/α,β-unsaturated/α-hetero) is 3. The van der Waals surface area contributed by atoms with Crippen LogP contribution in [0, 0.1) is 53.3 Å². The molecule has 0 aliphatic carbocycles. The predicted octanol–water partition coefficient (Wildman–Crippen LogP) is 8.85. The monoisotopic (exact) mass is 1220 g/mol. The molecule has 16 atom stereocenters. The normalized spacial score (nSPS) is 28.2. The van der Waals surface area contributed by atoms with E-state index in [0.29, 0.717) is 75.2 Å². The van der Waals surface area contributed by atoms with Crippen LogP contribution in [-0.2, 0) is 80.9 Å². The summed E-state index contributed by atoms with van der Waals surface area (Å²) in [5.74, 6) is 0.889. The molecule has 20 heteroatoms. The molecule has 490 valence electrons. The van der Waals surface area contributed by atoms with E-state index in [9.17, 15) is 33.6 Å². The molecular formula is C66H108N2O18. The van der Waals surface area contributed by atoms with Gasteiger partial charge in [0.2, 0.25) is 5.91 Å². The highest BCUT2D eigenvalue weighted by molar-refractivity contribution is 5.97. The van der Waals surface area contributed by atoms with Gasteiger partial charge in [-0.05, 0) is 73.5 Å². The third kappa shape index (κ3) is 26.4. The fourth-order valence-electron chi connectivity index (χ4n) is 11.4. The van der Waals surface area contributed by atoms with E-state index >= 15 is 0 Å². The topological polar surface area (TPSA) is 245 Å². The van der Waals surface area contributed by atoms with Gasteiger partial charge in [-0.15, -0.1) is 0 Å². The van der Waals surface area contributed by atoms with Gasteiger partial charge in [0, 0.05) is 83.4 Å². The third-order valence-corrected chi connectivity index (χ3v) is 18.4. The van der Waals surface area contributed by atoms with Crippen molar-refractivity contribution in [3.05, 3.63) is 35.9 Å². The van der Waals surface area contributed by atoms with Crippen LogP contribution in [0.3, 0.4) is 0 Å². The number of unbranched alkanes of at least 4 members (excludes halogenated alkanes) is 3. The Hall–Kier alpha value is -4.25. The quantitative estimate of drug-likeness (QED) is 0.0269. The fourth-order valence-corrected chi connectivity index (χ4v) is 11.4. The minimum absolute atomic E-state index is 0.00537. The maximum atomic E-state index is 13.6. The number of carbonyl (C=O) groups is 7. The van der Waals surface area contributed by atoms with E-state index in [-0.39, 0.29) is 186 Å². The zero-order valence-electron chi connectivity index (χ0n) is 54.1. The predicted molar refractivity (Wildman–Crippen MR) is 323 cm³/mol. The zero-order chi connectivity index (χ0) is 63.2. The van der Waals surface area contributed by atoms with Gasteiger partial charge in [0.1, 0.15) is 31.4 Å².